The van der Waals surface area contributed by atoms with Gasteiger partial charge in [-0.3, -0.25) is 4.79 Å². The summed E-state index contributed by atoms with van der Waals surface area (Å²) in [4.78, 5) is 12.4. The summed E-state index contributed by atoms with van der Waals surface area (Å²) in [6, 6.07) is 14.1. The first-order valence-corrected chi connectivity index (χ1v) is 7.08. The zero-order valence-corrected chi connectivity index (χ0v) is 11.7. The van der Waals surface area contributed by atoms with Crippen molar-refractivity contribution in [3.05, 3.63) is 64.7 Å². The molecule has 0 N–H and O–H groups in total. The normalized spacial score (nSPS) is 12.8. The molecule has 2 aromatic rings. The molecule has 102 valence electrons. The number of carbonyl (C=O) groups is 1. The van der Waals surface area contributed by atoms with Crippen LogP contribution in [0.25, 0.3) is 0 Å². The van der Waals surface area contributed by atoms with E-state index in [-0.39, 0.29) is 5.78 Å². The van der Waals surface area contributed by atoms with Gasteiger partial charge < -0.3 is 4.74 Å². The Balaban J connectivity index is 1.75. The molecule has 0 saturated carbocycles. The van der Waals surface area contributed by atoms with E-state index in [0.29, 0.717) is 13.0 Å². The molecule has 0 spiro atoms. The van der Waals surface area contributed by atoms with E-state index in [1.165, 1.54) is 11.1 Å². The van der Waals surface area contributed by atoms with Crippen LogP contribution in [0.4, 0.5) is 0 Å². The molecule has 1 heterocycles. The van der Waals surface area contributed by atoms with Gasteiger partial charge in [0.2, 0.25) is 0 Å². The molecule has 2 nitrogen and oxygen atoms in total. The van der Waals surface area contributed by atoms with Gasteiger partial charge in [0.1, 0.15) is 5.75 Å². The number of carbonyl (C=O) groups excluding carboxylic acids is 1. The molecule has 0 unspecified atom stereocenters. The van der Waals surface area contributed by atoms with Gasteiger partial charge >= 0.3 is 0 Å². The van der Waals surface area contributed by atoms with Gasteiger partial charge in [-0.05, 0) is 36.1 Å². The van der Waals surface area contributed by atoms with Crippen molar-refractivity contribution in [3.8, 4) is 5.75 Å². The first-order chi connectivity index (χ1) is 9.75. The summed E-state index contributed by atoms with van der Waals surface area (Å²) in [7, 11) is 0. The smallest absolute Gasteiger partial charge is 0.166 e. The fourth-order valence-corrected chi connectivity index (χ4v) is 2.71. The van der Waals surface area contributed by atoms with E-state index in [0.717, 1.165) is 29.7 Å². The van der Waals surface area contributed by atoms with Gasteiger partial charge in [0.25, 0.3) is 0 Å². The van der Waals surface area contributed by atoms with E-state index in [4.69, 9.17) is 4.74 Å². The molecule has 0 fully saturated rings. The number of hydrogen-bond donors (Lipinski definition) is 0. The Morgan fingerprint density at radius 2 is 2.00 bits per heavy atom. The number of para-hydroxylation sites is 1. The third kappa shape index (κ3) is 2.46. The summed E-state index contributed by atoms with van der Waals surface area (Å²) in [5.74, 6) is 0.981. The maximum atomic E-state index is 12.4. The van der Waals surface area contributed by atoms with Crippen LogP contribution in [-0.2, 0) is 12.8 Å². The Morgan fingerprint density at radius 3 is 2.85 bits per heavy atom. The molecule has 0 radical (unpaired) electrons. The lowest BCUT2D eigenvalue weighted by Gasteiger charge is -2.08. The highest BCUT2D eigenvalue weighted by Crippen LogP contribution is 2.30. The van der Waals surface area contributed by atoms with Crippen LogP contribution in [0.15, 0.2) is 42.5 Å². The second-order valence-corrected chi connectivity index (χ2v) is 5.24. The molecular weight excluding hydrogens is 248 g/mol. The van der Waals surface area contributed by atoms with Crippen LogP contribution in [0.2, 0.25) is 0 Å². The van der Waals surface area contributed by atoms with E-state index < -0.39 is 0 Å². The van der Waals surface area contributed by atoms with Crippen molar-refractivity contribution in [1.29, 1.82) is 0 Å². The van der Waals surface area contributed by atoms with Crippen molar-refractivity contribution >= 4 is 5.78 Å². The van der Waals surface area contributed by atoms with Crippen molar-refractivity contribution < 1.29 is 9.53 Å². The molecule has 20 heavy (non-hydrogen) atoms. The Hall–Kier alpha value is -2.09. The summed E-state index contributed by atoms with van der Waals surface area (Å²) in [5.41, 5.74) is 4.39. The number of benzene rings is 2. The van der Waals surface area contributed by atoms with E-state index in [2.05, 4.69) is 19.1 Å². The fourth-order valence-electron chi connectivity index (χ4n) is 2.71. The Bertz CT molecular complexity index is 644. The summed E-state index contributed by atoms with van der Waals surface area (Å²) in [5, 5.41) is 0. The fraction of sp³-hybridized carbons (Fsp3) is 0.278. The monoisotopic (exact) mass is 266 g/mol. The molecule has 1 aliphatic rings. The molecule has 2 aromatic carbocycles. The van der Waals surface area contributed by atoms with Gasteiger partial charge in [-0.25, -0.2) is 0 Å². The van der Waals surface area contributed by atoms with Crippen LogP contribution in [0.1, 0.15) is 33.5 Å². The minimum absolute atomic E-state index is 0.173. The molecule has 3 rings (SSSR count). The van der Waals surface area contributed by atoms with Gasteiger partial charge in [0.15, 0.2) is 5.78 Å². The van der Waals surface area contributed by atoms with Gasteiger partial charge in [-0.1, -0.05) is 36.4 Å². The molecule has 0 aliphatic carbocycles. The Kier molecular flexibility index (Phi) is 3.55. The van der Waals surface area contributed by atoms with Crippen LogP contribution in [0, 0.1) is 6.92 Å². The summed E-state index contributed by atoms with van der Waals surface area (Å²) < 4.78 is 5.61. The summed E-state index contributed by atoms with van der Waals surface area (Å²) >= 11 is 0. The maximum absolute atomic E-state index is 12.4. The van der Waals surface area contributed by atoms with E-state index >= 15 is 0 Å². The molecule has 0 bridgehead atoms. The summed E-state index contributed by atoms with van der Waals surface area (Å²) in [6.07, 6.45) is 2.23. The standard InChI is InChI=1S/C18H18O2/c1-13-5-2-3-6-14(13)9-10-17(19)16-8-4-7-15-11-12-20-18(15)16/h2-8H,9-12H2,1H3. The van der Waals surface area contributed by atoms with Gasteiger partial charge in [-0.2, -0.15) is 0 Å². The number of rotatable bonds is 4. The largest absolute Gasteiger partial charge is 0.492 e. The second-order valence-electron chi connectivity index (χ2n) is 5.24. The number of hydrogen-bond acceptors (Lipinski definition) is 2. The van der Waals surface area contributed by atoms with Crippen LogP contribution < -0.4 is 4.74 Å². The van der Waals surface area contributed by atoms with Crippen LogP contribution >= 0.6 is 0 Å². The highest BCUT2D eigenvalue weighted by Gasteiger charge is 2.20. The number of fused-ring (bicyclic) bond motifs is 1. The minimum atomic E-state index is 0.173. The summed E-state index contributed by atoms with van der Waals surface area (Å²) in [6.45, 7) is 2.78. The van der Waals surface area contributed by atoms with Gasteiger partial charge in [0.05, 0.1) is 12.2 Å². The molecular formula is C18H18O2. The predicted octanol–water partition coefficient (Wildman–Crippen LogP) is 3.75. The third-order valence-electron chi connectivity index (χ3n) is 3.90. The van der Waals surface area contributed by atoms with Crippen LogP contribution in [-0.4, -0.2) is 12.4 Å². The molecule has 0 saturated heterocycles. The van der Waals surface area contributed by atoms with E-state index in [9.17, 15) is 4.79 Å². The quantitative estimate of drug-likeness (QED) is 0.788. The van der Waals surface area contributed by atoms with Crippen LogP contribution in [0.3, 0.4) is 0 Å². The molecule has 0 atom stereocenters. The zero-order valence-electron chi connectivity index (χ0n) is 11.7. The second kappa shape index (κ2) is 5.49. The van der Waals surface area contributed by atoms with Crippen molar-refractivity contribution in [2.75, 3.05) is 6.61 Å². The van der Waals surface area contributed by atoms with E-state index in [1.807, 2.05) is 30.3 Å². The molecule has 0 amide bonds. The van der Waals surface area contributed by atoms with Crippen molar-refractivity contribution in [1.82, 2.24) is 0 Å². The minimum Gasteiger partial charge on any atom is -0.492 e. The number of aryl methyl sites for hydroxylation is 2. The topological polar surface area (TPSA) is 26.3 Å². The first-order valence-electron chi connectivity index (χ1n) is 7.08. The van der Waals surface area contributed by atoms with Gasteiger partial charge in [0, 0.05) is 12.8 Å². The predicted molar refractivity (Wildman–Crippen MR) is 79.5 cm³/mol. The van der Waals surface area contributed by atoms with Crippen molar-refractivity contribution in [3.63, 3.8) is 0 Å². The molecule has 2 heteroatoms. The third-order valence-corrected chi connectivity index (χ3v) is 3.90. The van der Waals surface area contributed by atoms with Crippen LogP contribution in [0.5, 0.6) is 5.75 Å². The average Bonchev–Trinajstić information content (AvgIpc) is 2.94. The highest BCUT2D eigenvalue weighted by molar-refractivity contribution is 5.99. The van der Waals surface area contributed by atoms with E-state index in [1.54, 1.807) is 0 Å². The number of Topliss-reactive ketones (excluding diaryl/α,β-unsaturated/α-hetero) is 1. The molecule has 1 aliphatic heterocycles. The van der Waals surface area contributed by atoms with Crippen molar-refractivity contribution in [2.45, 2.75) is 26.2 Å². The van der Waals surface area contributed by atoms with Crippen molar-refractivity contribution in [2.24, 2.45) is 0 Å². The SMILES string of the molecule is Cc1ccccc1CCC(=O)c1cccc2c1OCC2. The highest BCUT2D eigenvalue weighted by atomic mass is 16.5. The zero-order chi connectivity index (χ0) is 13.9. The van der Waals surface area contributed by atoms with Gasteiger partial charge in [-0.15, -0.1) is 0 Å². The molecule has 0 aromatic heterocycles. The lowest BCUT2D eigenvalue weighted by molar-refractivity contribution is 0.0979. The Labute approximate surface area is 119 Å². The lowest BCUT2D eigenvalue weighted by Crippen LogP contribution is -2.04. The number of ketones is 1. The lowest BCUT2D eigenvalue weighted by atomic mass is 9.98. The maximum Gasteiger partial charge on any atom is 0.166 e. The number of ether oxygens (including phenoxy) is 1. The average molecular weight is 266 g/mol. The Morgan fingerprint density at radius 1 is 1.15 bits per heavy atom. The first kappa shape index (κ1) is 12.9.